The second kappa shape index (κ2) is 8.82. The molecule has 1 aromatic rings. The fourth-order valence-electron chi connectivity index (χ4n) is 6.32. The summed E-state index contributed by atoms with van der Waals surface area (Å²) < 4.78 is 4.50. The summed E-state index contributed by atoms with van der Waals surface area (Å²) in [5.74, 6) is -2.31. The van der Waals surface area contributed by atoms with Gasteiger partial charge in [-0.15, -0.1) is 11.8 Å². The average Bonchev–Trinajstić information content (AvgIpc) is 3.10. The first-order valence-electron chi connectivity index (χ1n) is 12.2. The maximum atomic E-state index is 14.5. The van der Waals surface area contributed by atoms with Crippen molar-refractivity contribution in [2.24, 2.45) is 17.8 Å². The molecule has 2 saturated heterocycles. The van der Waals surface area contributed by atoms with E-state index in [-0.39, 0.29) is 36.2 Å². The number of carbonyl (C=O) groups is 3. The number of para-hydroxylation sites is 1. The van der Waals surface area contributed by atoms with E-state index in [2.05, 4.69) is 0 Å². The van der Waals surface area contributed by atoms with Gasteiger partial charge < -0.3 is 19.6 Å². The Bertz CT molecular complexity index is 1110. The highest BCUT2D eigenvalue weighted by Crippen LogP contribution is 2.61. The summed E-state index contributed by atoms with van der Waals surface area (Å²) in [7, 11) is 0. The summed E-state index contributed by atoms with van der Waals surface area (Å²) in [6, 6.07) is 4.55. The number of nitrogens with zero attached hydrogens (tertiary/aromatic N) is 2. The Morgan fingerprint density at radius 3 is 2.51 bits per heavy atom. The molecule has 1 spiro atoms. The zero-order valence-electron chi connectivity index (χ0n) is 20.5. The van der Waals surface area contributed by atoms with Crippen molar-refractivity contribution in [1.29, 1.82) is 0 Å². The first kappa shape index (κ1) is 24.1. The van der Waals surface area contributed by atoms with E-state index in [0.717, 1.165) is 16.8 Å². The molecule has 0 bridgehead atoms. The van der Waals surface area contributed by atoms with E-state index in [0.29, 0.717) is 6.54 Å². The van der Waals surface area contributed by atoms with Crippen LogP contribution in [0.4, 0.5) is 5.69 Å². The van der Waals surface area contributed by atoms with E-state index < -0.39 is 34.6 Å². The van der Waals surface area contributed by atoms with Crippen LogP contribution in [0.15, 0.2) is 42.5 Å². The molecule has 5 rings (SSSR count). The van der Waals surface area contributed by atoms with Gasteiger partial charge in [0.25, 0.3) is 5.91 Å². The van der Waals surface area contributed by atoms with Crippen molar-refractivity contribution < 1.29 is 24.2 Å². The molecule has 0 aliphatic carbocycles. The van der Waals surface area contributed by atoms with Gasteiger partial charge in [0, 0.05) is 17.5 Å². The molecule has 0 radical (unpaired) electrons. The lowest BCUT2D eigenvalue weighted by molar-refractivity contribution is -0.152. The number of rotatable bonds is 4. The van der Waals surface area contributed by atoms with E-state index in [4.69, 9.17) is 4.74 Å². The lowest BCUT2D eigenvalue weighted by Gasteiger charge is -2.40. The number of anilines is 1. The smallest absolute Gasteiger partial charge is 0.311 e. The van der Waals surface area contributed by atoms with E-state index in [1.54, 1.807) is 9.80 Å². The normalized spacial score (nSPS) is 32.8. The molecule has 186 valence electrons. The number of aliphatic hydroxyl groups is 1. The molecule has 1 N–H and O–H groups in total. The Morgan fingerprint density at radius 1 is 1.14 bits per heavy atom. The maximum absolute atomic E-state index is 14.5. The quantitative estimate of drug-likeness (QED) is 0.510. The van der Waals surface area contributed by atoms with E-state index in [9.17, 15) is 19.5 Å². The second-order valence-corrected chi connectivity index (χ2v) is 11.7. The molecule has 1 unspecified atom stereocenters. The highest BCUT2D eigenvalue weighted by Gasteiger charge is 2.72. The number of benzene rings is 1. The van der Waals surface area contributed by atoms with Crippen LogP contribution in [0.5, 0.6) is 0 Å². The molecule has 0 aromatic heterocycles. The number of fused-ring (bicyclic) bond motifs is 2. The number of hydrogen-bond donors (Lipinski definition) is 1. The second-order valence-electron chi connectivity index (χ2n) is 10.2. The van der Waals surface area contributed by atoms with Crippen LogP contribution in [0, 0.1) is 31.6 Å². The summed E-state index contributed by atoms with van der Waals surface area (Å²) in [5.41, 5.74) is 2.80. The largest absolute Gasteiger partial charge is 0.461 e. The standard InChI is InChI=1S/C27H32N2O5S/c1-15(2)18(14-30)29-23-25(32)28(22-16(3)8-5-9-17(22)4)12-7-11-27(23)21(24(29)31)20-19(35-27)10-6-13-34-26(20)33/h5-11,15,18-21,23,30H,12-14H2,1-4H3/t18-,19-,20+,21-,23?,27-/m0/s1. The molecular formula is C27H32N2O5S. The third kappa shape index (κ3) is 3.48. The number of amides is 2. The molecule has 2 fully saturated rings. The van der Waals surface area contributed by atoms with Gasteiger partial charge in [-0.2, -0.15) is 0 Å². The molecule has 6 atom stereocenters. The molecular weight excluding hydrogens is 464 g/mol. The van der Waals surface area contributed by atoms with Gasteiger partial charge in [-0.1, -0.05) is 56.4 Å². The molecule has 4 aliphatic rings. The number of hydrogen-bond acceptors (Lipinski definition) is 6. The average molecular weight is 497 g/mol. The van der Waals surface area contributed by atoms with Crippen molar-refractivity contribution in [3.8, 4) is 0 Å². The minimum atomic E-state index is -0.919. The van der Waals surface area contributed by atoms with Crippen LogP contribution in [0.3, 0.4) is 0 Å². The van der Waals surface area contributed by atoms with Crippen molar-refractivity contribution in [1.82, 2.24) is 4.90 Å². The van der Waals surface area contributed by atoms with Gasteiger partial charge in [-0.25, -0.2) is 0 Å². The summed E-state index contributed by atoms with van der Waals surface area (Å²) in [4.78, 5) is 45.1. The highest BCUT2D eigenvalue weighted by molar-refractivity contribution is 8.02. The molecule has 4 heterocycles. The maximum Gasteiger partial charge on any atom is 0.311 e. The summed E-state index contributed by atoms with van der Waals surface area (Å²) >= 11 is 1.52. The fraction of sp³-hybridized carbons (Fsp3) is 0.519. The van der Waals surface area contributed by atoms with Crippen molar-refractivity contribution in [3.05, 3.63) is 53.6 Å². The number of thioether (sulfide) groups is 1. The van der Waals surface area contributed by atoms with Gasteiger partial charge in [-0.3, -0.25) is 14.4 Å². The number of aryl methyl sites for hydroxylation is 2. The van der Waals surface area contributed by atoms with E-state index in [1.165, 1.54) is 11.8 Å². The number of carbonyl (C=O) groups excluding carboxylic acids is 3. The predicted octanol–water partition coefficient (Wildman–Crippen LogP) is 2.63. The van der Waals surface area contributed by atoms with Crippen LogP contribution in [0.2, 0.25) is 0 Å². The van der Waals surface area contributed by atoms with Gasteiger partial charge >= 0.3 is 5.97 Å². The van der Waals surface area contributed by atoms with Crippen molar-refractivity contribution in [2.75, 3.05) is 24.7 Å². The topological polar surface area (TPSA) is 87.2 Å². The van der Waals surface area contributed by atoms with Crippen LogP contribution in [-0.4, -0.2) is 69.6 Å². The molecule has 0 saturated carbocycles. The summed E-state index contributed by atoms with van der Waals surface area (Å²) in [5, 5.41) is 10.1. The Morgan fingerprint density at radius 2 is 1.86 bits per heavy atom. The number of ether oxygens (including phenoxy) is 1. The lowest BCUT2D eigenvalue weighted by atomic mass is 9.78. The lowest BCUT2D eigenvalue weighted by Crippen LogP contribution is -2.58. The predicted molar refractivity (Wildman–Crippen MR) is 135 cm³/mol. The Labute approximate surface area is 210 Å². The van der Waals surface area contributed by atoms with Crippen LogP contribution in [0.1, 0.15) is 25.0 Å². The van der Waals surface area contributed by atoms with E-state index in [1.807, 2.05) is 70.2 Å². The van der Waals surface area contributed by atoms with E-state index >= 15 is 0 Å². The van der Waals surface area contributed by atoms with Crippen molar-refractivity contribution in [3.63, 3.8) is 0 Å². The van der Waals surface area contributed by atoms with Gasteiger partial charge in [0.1, 0.15) is 12.6 Å². The SMILES string of the molecule is Cc1cccc(C)c1N1CC=C[C@]23S[C@H]4C=CCOC(=O)[C@H]4[C@H]2C(=O)N([C@@H](CO)C(C)C)C3C1=O. The van der Waals surface area contributed by atoms with Gasteiger partial charge in [-0.05, 0) is 30.9 Å². The minimum Gasteiger partial charge on any atom is -0.461 e. The molecule has 4 aliphatic heterocycles. The molecule has 7 nitrogen and oxygen atoms in total. The summed E-state index contributed by atoms with van der Waals surface area (Å²) in [6.45, 7) is 8.14. The number of likely N-dealkylation sites (tertiary alicyclic amines) is 1. The number of cyclic esters (lactones) is 1. The number of esters is 1. The first-order chi connectivity index (χ1) is 16.7. The van der Waals surface area contributed by atoms with Crippen LogP contribution >= 0.6 is 11.8 Å². The zero-order chi connectivity index (χ0) is 25.1. The third-order valence-corrected chi connectivity index (χ3v) is 9.62. The molecule has 2 amide bonds. The monoisotopic (exact) mass is 496 g/mol. The molecule has 35 heavy (non-hydrogen) atoms. The fourth-order valence-corrected chi connectivity index (χ4v) is 8.31. The Hall–Kier alpha value is -2.58. The minimum absolute atomic E-state index is 0.0738. The van der Waals surface area contributed by atoms with Crippen LogP contribution in [-0.2, 0) is 19.1 Å². The summed E-state index contributed by atoms with van der Waals surface area (Å²) in [6.07, 6.45) is 7.71. The Balaban J connectivity index is 1.69. The Kier molecular flexibility index (Phi) is 6.08. The highest BCUT2D eigenvalue weighted by atomic mass is 32.2. The third-order valence-electron chi connectivity index (χ3n) is 7.87. The van der Waals surface area contributed by atoms with Gasteiger partial charge in [0.05, 0.1) is 29.2 Å². The number of aliphatic hydroxyl groups excluding tert-OH is 1. The van der Waals surface area contributed by atoms with Crippen molar-refractivity contribution in [2.45, 2.75) is 49.8 Å². The van der Waals surface area contributed by atoms with Crippen LogP contribution in [0.25, 0.3) is 0 Å². The zero-order valence-corrected chi connectivity index (χ0v) is 21.3. The van der Waals surface area contributed by atoms with Crippen LogP contribution < -0.4 is 4.90 Å². The van der Waals surface area contributed by atoms with Gasteiger partial charge in [0.15, 0.2) is 0 Å². The van der Waals surface area contributed by atoms with Crippen molar-refractivity contribution >= 4 is 35.2 Å². The molecule has 1 aromatic carbocycles. The van der Waals surface area contributed by atoms with Gasteiger partial charge in [0.2, 0.25) is 5.91 Å². The first-order valence-corrected chi connectivity index (χ1v) is 13.1. The molecule has 8 heteroatoms.